The van der Waals surface area contributed by atoms with E-state index in [-0.39, 0.29) is 17.1 Å². The van der Waals surface area contributed by atoms with Gasteiger partial charge in [0.25, 0.3) is 11.8 Å². The van der Waals surface area contributed by atoms with Gasteiger partial charge in [0.15, 0.2) is 5.84 Å². The molecule has 30 heavy (non-hydrogen) atoms. The Bertz CT molecular complexity index is 1120. The molecule has 10 heteroatoms. The molecule has 1 heterocycles. The average Bonchev–Trinajstić information content (AvgIpc) is 2.76. The number of carbonyl (C=O) groups is 2. The average molecular weight is 444 g/mol. The normalized spacial score (nSPS) is 11.1. The molecule has 0 aliphatic carbocycles. The van der Waals surface area contributed by atoms with Gasteiger partial charge in [-0.3, -0.25) is 9.59 Å². The number of oxime groups is 1. The molecule has 0 bridgehead atoms. The number of halogens is 2. The van der Waals surface area contributed by atoms with Crippen LogP contribution in [0.5, 0.6) is 0 Å². The number of amides is 2. The van der Waals surface area contributed by atoms with Crippen LogP contribution in [-0.4, -0.2) is 27.8 Å². The van der Waals surface area contributed by atoms with Crippen molar-refractivity contribution < 1.29 is 14.8 Å². The molecule has 8 nitrogen and oxygen atoms in total. The van der Waals surface area contributed by atoms with Crippen molar-refractivity contribution in [3.8, 4) is 0 Å². The third-order valence-corrected chi connectivity index (χ3v) is 4.45. The van der Waals surface area contributed by atoms with E-state index in [2.05, 4.69) is 20.8 Å². The van der Waals surface area contributed by atoms with Gasteiger partial charge in [-0.15, -0.1) is 0 Å². The smallest absolute Gasteiger partial charge is 0.258 e. The van der Waals surface area contributed by atoms with Crippen molar-refractivity contribution in [1.82, 2.24) is 4.98 Å². The second-order valence-corrected chi connectivity index (χ2v) is 6.90. The maximum absolute atomic E-state index is 12.7. The lowest BCUT2D eigenvalue weighted by molar-refractivity contribution is 0.102. The van der Waals surface area contributed by atoms with Crippen molar-refractivity contribution in [2.45, 2.75) is 0 Å². The first-order valence-corrected chi connectivity index (χ1v) is 9.24. The maximum Gasteiger partial charge on any atom is 0.258 e. The van der Waals surface area contributed by atoms with E-state index in [1.54, 1.807) is 18.2 Å². The number of rotatable bonds is 5. The summed E-state index contributed by atoms with van der Waals surface area (Å²) in [6.07, 6.45) is 1.40. The maximum atomic E-state index is 12.7. The van der Waals surface area contributed by atoms with E-state index in [4.69, 9.17) is 34.1 Å². The molecule has 3 aromatic rings. The van der Waals surface area contributed by atoms with Crippen molar-refractivity contribution in [3.05, 3.63) is 87.5 Å². The van der Waals surface area contributed by atoms with Crippen LogP contribution in [0.15, 0.2) is 65.9 Å². The summed E-state index contributed by atoms with van der Waals surface area (Å²) < 4.78 is 0. The predicted molar refractivity (Wildman–Crippen MR) is 116 cm³/mol. The molecular weight excluding hydrogens is 429 g/mol. The Morgan fingerprint density at radius 1 is 0.900 bits per heavy atom. The van der Waals surface area contributed by atoms with Crippen LogP contribution in [0, 0.1) is 0 Å². The Morgan fingerprint density at radius 2 is 1.57 bits per heavy atom. The third kappa shape index (κ3) is 5.05. The first-order valence-electron chi connectivity index (χ1n) is 8.49. The number of nitrogens with two attached hydrogens (primary N) is 1. The molecule has 0 saturated heterocycles. The topological polar surface area (TPSA) is 130 Å². The largest absolute Gasteiger partial charge is 0.409 e. The van der Waals surface area contributed by atoms with E-state index >= 15 is 0 Å². The SMILES string of the molecule is N/C(=N/O)c1ccc(C(=O)Nc2ccc(Cl)cc2C(=O)Nc2ccc(Cl)cn2)cc1. The monoisotopic (exact) mass is 443 g/mol. The molecule has 3 rings (SSSR count). The minimum atomic E-state index is -0.509. The first-order chi connectivity index (χ1) is 14.4. The van der Waals surface area contributed by atoms with Gasteiger partial charge in [0, 0.05) is 22.3 Å². The van der Waals surface area contributed by atoms with Crippen LogP contribution >= 0.6 is 23.2 Å². The van der Waals surface area contributed by atoms with Crippen LogP contribution in [0.4, 0.5) is 11.5 Å². The fourth-order valence-electron chi connectivity index (χ4n) is 2.49. The highest BCUT2D eigenvalue weighted by Crippen LogP contribution is 2.23. The number of aromatic nitrogens is 1. The fourth-order valence-corrected chi connectivity index (χ4v) is 2.78. The fraction of sp³-hybridized carbons (Fsp3) is 0. The van der Waals surface area contributed by atoms with Crippen LogP contribution < -0.4 is 16.4 Å². The summed E-state index contributed by atoms with van der Waals surface area (Å²) in [5.41, 5.74) is 6.69. The van der Waals surface area contributed by atoms with E-state index in [1.807, 2.05) is 0 Å². The van der Waals surface area contributed by atoms with Gasteiger partial charge < -0.3 is 21.6 Å². The summed E-state index contributed by atoms with van der Waals surface area (Å²) in [7, 11) is 0. The van der Waals surface area contributed by atoms with Crippen LogP contribution in [0.1, 0.15) is 26.3 Å². The lowest BCUT2D eigenvalue weighted by Gasteiger charge is -2.12. The van der Waals surface area contributed by atoms with Gasteiger partial charge in [-0.05, 0) is 42.5 Å². The van der Waals surface area contributed by atoms with Gasteiger partial charge in [-0.25, -0.2) is 4.98 Å². The number of hydrogen-bond acceptors (Lipinski definition) is 5. The zero-order chi connectivity index (χ0) is 21.7. The molecule has 1 aromatic heterocycles. The van der Waals surface area contributed by atoms with Crippen LogP contribution in [-0.2, 0) is 0 Å². The van der Waals surface area contributed by atoms with E-state index in [0.29, 0.717) is 27.0 Å². The Hall–Kier alpha value is -3.62. The third-order valence-electron chi connectivity index (χ3n) is 3.99. The summed E-state index contributed by atoms with van der Waals surface area (Å²) >= 11 is 11.8. The molecule has 152 valence electrons. The van der Waals surface area contributed by atoms with Crippen molar-refractivity contribution in [2.24, 2.45) is 10.9 Å². The Labute approximate surface area is 181 Å². The number of carbonyl (C=O) groups excluding carboxylic acids is 2. The number of amidine groups is 1. The molecule has 0 spiro atoms. The molecule has 5 N–H and O–H groups in total. The molecule has 0 saturated carbocycles. The van der Waals surface area contributed by atoms with E-state index in [1.165, 1.54) is 42.6 Å². The number of nitrogens with zero attached hydrogens (tertiary/aromatic N) is 2. The van der Waals surface area contributed by atoms with Crippen molar-refractivity contribution in [3.63, 3.8) is 0 Å². The van der Waals surface area contributed by atoms with Gasteiger partial charge >= 0.3 is 0 Å². The van der Waals surface area contributed by atoms with E-state index < -0.39 is 11.8 Å². The Morgan fingerprint density at radius 3 is 2.20 bits per heavy atom. The summed E-state index contributed by atoms with van der Waals surface area (Å²) in [4.78, 5) is 29.3. The number of nitrogens with one attached hydrogen (secondary N) is 2. The highest BCUT2D eigenvalue weighted by molar-refractivity contribution is 6.31. The van der Waals surface area contributed by atoms with Gasteiger partial charge in [0.2, 0.25) is 0 Å². The molecule has 0 aliphatic rings. The zero-order valence-corrected chi connectivity index (χ0v) is 16.8. The van der Waals surface area contributed by atoms with Crippen molar-refractivity contribution in [1.29, 1.82) is 0 Å². The van der Waals surface area contributed by atoms with Crippen LogP contribution in [0.2, 0.25) is 10.0 Å². The first kappa shape index (κ1) is 21.1. The predicted octanol–water partition coefficient (Wildman–Crippen LogP) is 3.99. The molecular formula is C20H15Cl2N5O3. The summed E-state index contributed by atoms with van der Waals surface area (Å²) in [5, 5.41) is 17.7. The number of benzene rings is 2. The van der Waals surface area contributed by atoms with Crippen LogP contribution in [0.25, 0.3) is 0 Å². The molecule has 0 unspecified atom stereocenters. The molecule has 2 amide bonds. The Balaban J connectivity index is 1.81. The summed E-state index contributed by atoms with van der Waals surface area (Å²) in [6, 6.07) is 13.7. The highest BCUT2D eigenvalue weighted by Gasteiger charge is 2.16. The number of hydrogen-bond donors (Lipinski definition) is 4. The minimum Gasteiger partial charge on any atom is -0.409 e. The molecule has 0 aliphatic heterocycles. The molecule has 2 aromatic carbocycles. The highest BCUT2D eigenvalue weighted by atomic mass is 35.5. The number of pyridine rings is 1. The van der Waals surface area contributed by atoms with Gasteiger partial charge in [0.1, 0.15) is 5.82 Å². The lowest BCUT2D eigenvalue weighted by atomic mass is 10.1. The molecule has 0 atom stereocenters. The second-order valence-electron chi connectivity index (χ2n) is 6.02. The minimum absolute atomic E-state index is 0.0746. The van der Waals surface area contributed by atoms with E-state index in [9.17, 15) is 9.59 Å². The van der Waals surface area contributed by atoms with Gasteiger partial charge in [0.05, 0.1) is 16.3 Å². The number of anilines is 2. The van der Waals surface area contributed by atoms with Gasteiger partial charge in [-0.1, -0.05) is 40.5 Å². The lowest BCUT2D eigenvalue weighted by Crippen LogP contribution is -2.19. The summed E-state index contributed by atoms with van der Waals surface area (Å²) in [6.45, 7) is 0. The van der Waals surface area contributed by atoms with Gasteiger partial charge in [-0.2, -0.15) is 0 Å². The van der Waals surface area contributed by atoms with E-state index in [0.717, 1.165) is 0 Å². The van der Waals surface area contributed by atoms with Crippen molar-refractivity contribution >= 4 is 52.4 Å². The van der Waals surface area contributed by atoms with Crippen LogP contribution in [0.3, 0.4) is 0 Å². The second kappa shape index (κ2) is 9.25. The molecule has 0 radical (unpaired) electrons. The van der Waals surface area contributed by atoms with Crippen molar-refractivity contribution in [2.75, 3.05) is 10.6 Å². The summed E-state index contributed by atoms with van der Waals surface area (Å²) in [5.74, 6) is -0.748. The zero-order valence-electron chi connectivity index (χ0n) is 15.3. The molecule has 0 fully saturated rings. The Kier molecular flexibility index (Phi) is 6.51. The standard InChI is InChI=1S/C20H15Cl2N5O3/c21-13-5-7-16(15(9-13)20(29)26-17-8-6-14(22)10-24-17)25-19(28)12-3-1-11(2-4-12)18(23)27-30/h1-10,30H,(H2,23,27)(H,25,28)(H,24,26,29). The quantitative estimate of drug-likeness (QED) is 0.205.